The van der Waals surface area contributed by atoms with Gasteiger partial charge in [-0.3, -0.25) is 0 Å². The van der Waals surface area contributed by atoms with Crippen LogP contribution in [0.1, 0.15) is 28.4 Å². The molecule has 104 valence electrons. The fourth-order valence-corrected chi connectivity index (χ4v) is 1.97. The van der Waals surface area contributed by atoms with Crippen molar-refractivity contribution in [1.29, 1.82) is 0 Å². The molecular formula is C16H16O4. The van der Waals surface area contributed by atoms with Gasteiger partial charge in [0.2, 0.25) is 0 Å². The molecule has 0 aliphatic rings. The Balaban J connectivity index is 2.32. The van der Waals surface area contributed by atoms with E-state index < -0.39 is 5.97 Å². The van der Waals surface area contributed by atoms with Crippen LogP contribution >= 0.6 is 0 Å². The zero-order valence-corrected chi connectivity index (χ0v) is 11.2. The van der Waals surface area contributed by atoms with E-state index in [1.54, 1.807) is 43.3 Å². The second kappa shape index (κ2) is 6.10. The van der Waals surface area contributed by atoms with E-state index in [0.717, 1.165) is 0 Å². The number of ether oxygens (including phenoxy) is 1. The van der Waals surface area contributed by atoms with Gasteiger partial charge >= 0.3 is 5.97 Å². The molecule has 2 aromatic rings. The third-order valence-corrected chi connectivity index (χ3v) is 2.99. The molecule has 0 aromatic heterocycles. The first kappa shape index (κ1) is 13.9. The van der Waals surface area contributed by atoms with Crippen LogP contribution < -0.4 is 0 Å². The number of carbonyl (C=O) groups is 1. The van der Waals surface area contributed by atoms with Crippen molar-refractivity contribution in [3.8, 4) is 11.5 Å². The minimum absolute atomic E-state index is 0.103. The molecule has 0 spiro atoms. The van der Waals surface area contributed by atoms with Crippen molar-refractivity contribution in [2.24, 2.45) is 0 Å². The topological polar surface area (TPSA) is 66.8 Å². The number of rotatable bonds is 4. The van der Waals surface area contributed by atoms with E-state index >= 15 is 0 Å². The first-order chi connectivity index (χ1) is 9.63. The Hall–Kier alpha value is -2.49. The number of hydrogen-bond donors (Lipinski definition) is 2. The lowest BCUT2D eigenvalue weighted by Gasteiger charge is -2.10. The number of benzene rings is 2. The first-order valence-electron chi connectivity index (χ1n) is 6.38. The summed E-state index contributed by atoms with van der Waals surface area (Å²) < 4.78 is 4.89. The highest BCUT2D eigenvalue weighted by Crippen LogP contribution is 2.28. The summed E-state index contributed by atoms with van der Waals surface area (Å²) in [7, 11) is 0. The van der Waals surface area contributed by atoms with Crippen LogP contribution in [0.4, 0.5) is 0 Å². The highest BCUT2D eigenvalue weighted by Gasteiger charge is 2.15. The van der Waals surface area contributed by atoms with Crippen LogP contribution in [0.15, 0.2) is 42.5 Å². The van der Waals surface area contributed by atoms with E-state index in [4.69, 9.17) is 4.74 Å². The Kier molecular flexibility index (Phi) is 4.25. The molecule has 0 radical (unpaired) electrons. The number of carbonyl (C=O) groups excluding carboxylic acids is 1. The van der Waals surface area contributed by atoms with Gasteiger partial charge in [-0.15, -0.1) is 0 Å². The summed E-state index contributed by atoms with van der Waals surface area (Å²) in [6.07, 6.45) is 0.339. The molecule has 20 heavy (non-hydrogen) atoms. The van der Waals surface area contributed by atoms with Crippen molar-refractivity contribution in [2.75, 3.05) is 6.61 Å². The summed E-state index contributed by atoms with van der Waals surface area (Å²) in [5.41, 5.74) is 1.39. The van der Waals surface area contributed by atoms with E-state index in [2.05, 4.69) is 0 Å². The van der Waals surface area contributed by atoms with Gasteiger partial charge in [0, 0.05) is 6.42 Å². The number of esters is 1. The molecule has 0 aliphatic carbocycles. The molecule has 0 fully saturated rings. The van der Waals surface area contributed by atoms with Gasteiger partial charge in [-0.1, -0.05) is 30.3 Å². The molecule has 0 saturated carbocycles. The van der Waals surface area contributed by atoms with Crippen molar-refractivity contribution in [3.63, 3.8) is 0 Å². The van der Waals surface area contributed by atoms with Crippen LogP contribution in [-0.2, 0) is 11.2 Å². The molecule has 2 N–H and O–H groups in total. The van der Waals surface area contributed by atoms with Crippen molar-refractivity contribution in [3.05, 3.63) is 59.2 Å². The smallest absolute Gasteiger partial charge is 0.341 e. The molecule has 4 heteroatoms. The van der Waals surface area contributed by atoms with Gasteiger partial charge in [0.05, 0.1) is 6.61 Å². The Morgan fingerprint density at radius 1 is 1.05 bits per heavy atom. The molecule has 0 saturated heterocycles. The Morgan fingerprint density at radius 2 is 1.75 bits per heavy atom. The third-order valence-electron chi connectivity index (χ3n) is 2.99. The summed E-state index contributed by atoms with van der Waals surface area (Å²) in [6.45, 7) is 1.96. The Bertz CT molecular complexity index is 620. The molecular weight excluding hydrogens is 256 g/mol. The molecule has 0 atom stereocenters. The quantitative estimate of drug-likeness (QED) is 0.840. The van der Waals surface area contributed by atoms with Crippen molar-refractivity contribution < 1.29 is 19.7 Å². The minimum Gasteiger partial charge on any atom is -0.508 e. The summed E-state index contributed by atoms with van der Waals surface area (Å²) in [5.74, 6) is -0.494. The van der Waals surface area contributed by atoms with Crippen molar-refractivity contribution in [2.45, 2.75) is 13.3 Å². The molecule has 0 unspecified atom stereocenters. The second-order valence-electron chi connectivity index (χ2n) is 4.34. The number of hydrogen-bond acceptors (Lipinski definition) is 4. The number of para-hydroxylation sites is 2. The van der Waals surface area contributed by atoms with Crippen LogP contribution in [0.3, 0.4) is 0 Å². The average Bonchev–Trinajstić information content (AvgIpc) is 2.43. The Morgan fingerprint density at radius 3 is 2.45 bits per heavy atom. The van der Waals surface area contributed by atoms with Crippen LogP contribution in [0.5, 0.6) is 11.5 Å². The highest BCUT2D eigenvalue weighted by molar-refractivity contribution is 5.92. The van der Waals surface area contributed by atoms with Gasteiger partial charge < -0.3 is 14.9 Å². The summed E-state index contributed by atoms with van der Waals surface area (Å²) in [5, 5.41) is 19.9. The highest BCUT2D eigenvalue weighted by atomic mass is 16.5. The number of phenols is 2. The lowest BCUT2D eigenvalue weighted by molar-refractivity contribution is 0.0523. The SMILES string of the molecule is CCOC(=O)c1cccc(Cc2ccccc2O)c1O. The van der Waals surface area contributed by atoms with Crippen LogP contribution in [0.2, 0.25) is 0 Å². The molecule has 0 heterocycles. The fourth-order valence-electron chi connectivity index (χ4n) is 1.97. The zero-order chi connectivity index (χ0) is 14.5. The third kappa shape index (κ3) is 2.91. The lowest BCUT2D eigenvalue weighted by Crippen LogP contribution is -2.06. The minimum atomic E-state index is -0.552. The van der Waals surface area contributed by atoms with Gasteiger partial charge in [0.1, 0.15) is 17.1 Å². The van der Waals surface area contributed by atoms with Crippen LogP contribution in [0, 0.1) is 0 Å². The predicted molar refractivity (Wildman–Crippen MR) is 75.0 cm³/mol. The largest absolute Gasteiger partial charge is 0.508 e. The number of aromatic hydroxyl groups is 2. The van der Waals surface area contributed by atoms with Crippen molar-refractivity contribution >= 4 is 5.97 Å². The molecule has 2 aromatic carbocycles. The normalized spacial score (nSPS) is 10.2. The maximum absolute atomic E-state index is 11.7. The van der Waals surface area contributed by atoms with E-state index in [-0.39, 0.29) is 23.7 Å². The number of phenolic OH excluding ortho intramolecular Hbond substituents is 2. The molecule has 2 rings (SSSR count). The van der Waals surface area contributed by atoms with E-state index in [1.165, 1.54) is 6.07 Å². The van der Waals surface area contributed by atoms with Crippen LogP contribution in [-0.4, -0.2) is 22.8 Å². The van der Waals surface area contributed by atoms with Gasteiger partial charge in [0.15, 0.2) is 0 Å². The predicted octanol–water partition coefficient (Wildman–Crippen LogP) is 2.87. The summed E-state index contributed by atoms with van der Waals surface area (Å²) in [6, 6.07) is 11.8. The molecule has 0 bridgehead atoms. The van der Waals surface area contributed by atoms with Gasteiger partial charge in [0.25, 0.3) is 0 Å². The molecule has 0 amide bonds. The van der Waals surface area contributed by atoms with Crippen molar-refractivity contribution in [1.82, 2.24) is 0 Å². The standard InChI is InChI=1S/C16H16O4/c1-2-20-16(19)13-8-5-7-12(15(13)18)10-11-6-3-4-9-14(11)17/h3-9,17-18H,2,10H2,1H3. The van der Waals surface area contributed by atoms with E-state index in [1.807, 2.05) is 0 Å². The summed E-state index contributed by atoms with van der Waals surface area (Å²) in [4.78, 5) is 11.7. The maximum atomic E-state index is 11.7. The Labute approximate surface area is 117 Å². The fraction of sp³-hybridized carbons (Fsp3) is 0.188. The summed E-state index contributed by atoms with van der Waals surface area (Å²) >= 11 is 0. The van der Waals surface area contributed by atoms with Gasteiger partial charge in [-0.25, -0.2) is 4.79 Å². The second-order valence-corrected chi connectivity index (χ2v) is 4.34. The molecule has 4 nitrogen and oxygen atoms in total. The van der Waals surface area contributed by atoms with Crippen LogP contribution in [0.25, 0.3) is 0 Å². The van der Waals surface area contributed by atoms with E-state index in [9.17, 15) is 15.0 Å². The van der Waals surface area contributed by atoms with Gasteiger partial charge in [-0.2, -0.15) is 0 Å². The maximum Gasteiger partial charge on any atom is 0.341 e. The lowest BCUT2D eigenvalue weighted by atomic mass is 10.0. The van der Waals surface area contributed by atoms with Gasteiger partial charge in [-0.05, 0) is 30.2 Å². The first-order valence-corrected chi connectivity index (χ1v) is 6.38. The monoisotopic (exact) mass is 272 g/mol. The zero-order valence-electron chi connectivity index (χ0n) is 11.2. The van der Waals surface area contributed by atoms with E-state index in [0.29, 0.717) is 17.5 Å². The average molecular weight is 272 g/mol. The molecule has 0 aliphatic heterocycles.